The number of esters is 1. The van der Waals surface area contributed by atoms with Gasteiger partial charge in [0, 0.05) is 6.20 Å². The van der Waals surface area contributed by atoms with Gasteiger partial charge in [0.1, 0.15) is 11.3 Å². The predicted octanol–water partition coefficient (Wildman–Crippen LogP) is 4.66. The van der Waals surface area contributed by atoms with Crippen LogP contribution in [0.2, 0.25) is 0 Å². The molecule has 144 valence electrons. The smallest absolute Gasteiger partial charge is 0.343 e. The molecule has 0 saturated carbocycles. The van der Waals surface area contributed by atoms with Crippen molar-refractivity contribution in [3.63, 3.8) is 0 Å². The molecule has 3 aromatic carbocycles. The van der Waals surface area contributed by atoms with Crippen molar-refractivity contribution in [1.82, 2.24) is 4.57 Å². The lowest BCUT2D eigenvalue weighted by Crippen LogP contribution is -2.23. The molecule has 5 nitrogen and oxygen atoms in total. The summed E-state index contributed by atoms with van der Waals surface area (Å²) in [5.41, 5.74) is 0.219. The predicted molar refractivity (Wildman–Crippen MR) is 106 cm³/mol. The highest BCUT2D eigenvalue weighted by molar-refractivity contribution is 6.03. The van der Waals surface area contributed by atoms with Crippen molar-refractivity contribution < 1.29 is 18.3 Å². The molecule has 4 aromatic rings. The summed E-state index contributed by atoms with van der Waals surface area (Å²) in [4.78, 5) is 25.2. The van der Waals surface area contributed by atoms with Crippen molar-refractivity contribution in [2.45, 2.75) is 6.92 Å². The van der Waals surface area contributed by atoms with Gasteiger partial charge in [-0.15, -0.1) is 0 Å². The molecule has 1 N–H and O–H groups in total. The second kappa shape index (κ2) is 6.13. The Labute approximate surface area is 163 Å². The summed E-state index contributed by atoms with van der Waals surface area (Å²) in [5, 5.41) is 4.64. The van der Waals surface area contributed by atoms with E-state index in [4.69, 9.17) is 4.74 Å². The van der Waals surface area contributed by atoms with Gasteiger partial charge in [0.15, 0.2) is 11.6 Å². The normalized spacial score (nSPS) is 12.0. The molecule has 0 aliphatic carbocycles. The largest absolute Gasteiger partial charge is 0.462 e. The van der Waals surface area contributed by atoms with Gasteiger partial charge in [0.25, 0.3) is 0 Å². The van der Waals surface area contributed by atoms with Crippen LogP contribution in [0.4, 0.5) is 20.2 Å². The summed E-state index contributed by atoms with van der Waals surface area (Å²) < 4.78 is 35.4. The molecule has 1 aliphatic rings. The van der Waals surface area contributed by atoms with E-state index in [0.717, 1.165) is 16.8 Å². The van der Waals surface area contributed by atoms with Crippen LogP contribution >= 0.6 is 0 Å². The van der Waals surface area contributed by atoms with Gasteiger partial charge in [0.05, 0.1) is 28.9 Å². The van der Waals surface area contributed by atoms with Crippen LogP contribution in [0, 0.1) is 11.6 Å². The Morgan fingerprint density at radius 2 is 1.86 bits per heavy atom. The molecule has 0 radical (unpaired) electrons. The fraction of sp³-hybridized carbons (Fsp3) is 0.0909. The number of hydrogen-bond acceptors (Lipinski definition) is 4. The Balaban J connectivity index is 1.94. The number of nitrogens with one attached hydrogen (secondary N) is 1. The van der Waals surface area contributed by atoms with Crippen LogP contribution in [-0.4, -0.2) is 17.1 Å². The fourth-order valence-corrected chi connectivity index (χ4v) is 3.76. The van der Waals surface area contributed by atoms with E-state index in [2.05, 4.69) is 5.32 Å². The zero-order valence-corrected chi connectivity index (χ0v) is 15.3. The number of aromatic nitrogens is 1. The highest BCUT2D eigenvalue weighted by Crippen LogP contribution is 2.40. The first-order valence-electron chi connectivity index (χ1n) is 9.04. The van der Waals surface area contributed by atoms with Gasteiger partial charge in [-0.3, -0.25) is 4.79 Å². The number of anilines is 2. The third-order valence-electron chi connectivity index (χ3n) is 5.06. The number of ether oxygens (including phenoxy) is 1. The highest BCUT2D eigenvalue weighted by Gasteiger charge is 2.27. The van der Waals surface area contributed by atoms with Crippen molar-refractivity contribution in [2.24, 2.45) is 0 Å². The lowest BCUT2D eigenvalue weighted by molar-refractivity contribution is 0.0524. The number of hydrogen-bond donors (Lipinski definition) is 1. The minimum atomic E-state index is -1.17. The molecule has 5 rings (SSSR count). The molecular formula is C22H14F2N2O3. The molecule has 0 unspecified atom stereocenters. The zero-order chi connectivity index (χ0) is 20.3. The number of nitrogens with zero attached hydrogens (tertiary/aromatic N) is 1. The van der Waals surface area contributed by atoms with Crippen LogP contribution in [0.1, 0.15) is 17.3 Å². The van der Waals surface area contributed by atoms with Gasteiger partial charge in [0.2, 0.25) is 5.43 Å². The van der Waals surface area contributed by atoms with Crippen LogP contribution in [0.25, 0.3) is 27.4 Å². The topological polar surface area (TPSA) is 60.3 Å². The van der Waals surface area contributed by atoms with Crippen molar-refractivity contribution in [3.05, 3.63) is 76.1 Å². The SMILES string of the molecule is CCOC(=O)c1cn2c3c(c(F)c(F)cc3c1=O)Nc1cc3ccccc3cc1-2. The first-order chi connectivity index (χ1) is 14.0. The van der Waals surface area contributed by atoms with Crippen molar-refractivity contribution in [2.75, 3.05) is 11.9 Å². The number of rotatable bonds is 2. The molecule has 0 bridgehead atoms. The molecule has 2 heterocycles. The zero-order valence-electron chi connectivity index (χ0n) is 15.3. The van der Waals surface area contributed by atoms with E-state index in [1.54, 1.807) is 11.5 Å². The Bertz CT molecular complexity index is 1410. The Kier molecular flexibility index (Phi) is 3.67. The molecular weight excluding hydrogens is 378 g/mol. The minimum Gasteiger partial charge on any atom is -0.462 e. The number of benzene rings is 3. The number of carbonyl (C=O) groups excluding carboxylic acids is 1. The van der Waals surface area contributed by atoms with E-state index in [0.29, 0.717) is 11.4 Å². The molecule has 1 aromatic heterocycles. The van der Waals surface area contributed by atoms with E-state index in [1.807, 2.05) is 36.4 Å². The van der Waals surface area contributed by atoms with Crippen LogP contribution < -0.4 is 10.7 Å². The number of carbonyl (C=O) groups is 1. The average molecular weight is 392 g/mol. The maximum Gasteiger partial charge on any atom is 0.343 e. The third-order valence-corrected chi connectivity index (χ3v) is 5.06. The molecule has 7 heteroatoms. The Morgan fingerprint density at radius 1 is 1.14 bits per heavy atom. The first-order valence-corrected chi connectivity index (χ1v) is 9.04. The third kappa shape index (κ3) is 2.44. The fourth-order valence-electron chi connectivity index (χ4n) is 3.76. The second-order valence-electron chi connectivity index (χ2n) is 6.75. The lowest BCUT2D eigenvalue weighted by atomic mass is 10.0. The molecule has 0 amide bonds. The molecule has 0 saturated heterocycles. The average Bonchev–Trinajstić information content (AvgIpc) is 2.72. The number of pyridine rings is 1. The standard InChI is InChI=1S/C22H14F2N2O3/c1-2-29-22(28)14-10-26-17-8-12-6-4-3-5-11(12)7-16(17)25-19-18(24)15(23)9-13(20(19)26)21(14)27/h3-10,25H,2H2,1H3. The molecule has 0 atom stereocenters. The van der Waals surface area contributed by atoms with Gasteiger partial charge in [-0.1, -0.05) is 24.3 Å². The summed E-state index contributed by atoms with van der Waals surface area (Å²) in [5.74, 6) is -3.07. The maximum atomic E-state index is 14.6. The minimum absolute atomic E-state index is 0.0854. The van der Waals surface area contributed by atoms with E-state index in [9.17, 15) is 18.4 Å². The monoisotopic (exact) mass is 392 g/mol. The highest BCUT2D eigenvalue weighted by atomic mass is 19.2. The van der Waals surface area contributed by atoms with Crippen LogP contribution in [0.3, 0.4) is 0 Å². The van der Waals surface area contributed by atoms with Gasteiger partial charge in [-0.25, -0.2) is 13.6 Å². The van der Waals surface area contributed by atoms with Gasteiger partial charge >= 0.3 is 5.97 Å². The summed E-state index contributed by atoms with van der Waals surface area (Å²) in [6.45, 7) is 1.71. The van der Waals surface area contributed by atoms with Crippen molar-refractivity contribution in [3.8, 4) is 5.69 Å². The Hall–Kier alpha value is -3.74. The lowest BCUT2D eigenvalue weighted by Gasteiger charge is -2.26. The summed E-state index contributed by atoms with van der Waals surface area (Å²) >= 11 is 0. The van der Waals surface area contributed by atoms with Gasteiger partial charge in [-0.2, -0.15) is 0 Å². The molecule has 1 aliphatic heterocycles. The Morgan fingerprint density at radius 3 is 2.59 bits per heavy atom. The second-order valence-corrected chi connectivity index (χ2v) is 6.75. The van der Waals surface area contributed by atoms with E-state index in [-0.39, 0.29) is 28.8 Å². The molecule has 29 heavy (non-hydrogen) atoms. The summed E-state index contributed by atoms with van der Waals surface area (Å²) in [7, 11) is 0. The number of fused-ring (bicyclic) bond motifs is 3. The first kappa shape index (κ1) is 17.4. The van der Waals surface area contributed by atoms with Crippen LogP contribution in [0.5, 0.6) is 0 Å². The van der Waals surface area contributed by atoms with Crippen molar-refractivity contribution in [1.29, 1.82) is 0 Å². The van der Waals surface area contributed by atoms with E-state index >= 15 is 0 Å². The molecule has 0 fully saturated rings. The van der Waals surface area contributed by atoms with E-state index < -0.39 is 23.0 Å². The molecule has 0 spiro atoms. The maximum absolute atomic E-state index is 14.6. The van der Waals surface area contributed by atoms with Crippen LogP contribution in [0.15, 0.2) is 53.5 Å². The summed E-state index contributed by atoms with van der Waals surface area (Å²) in [6.07, 6.45) is 1.33. The van der Waals surface area contributed by atoms with Gasteiger partial charge < -0.3 is 14.6 Å². The van der Waals surface area contributed by atoms with Gasteiger partial charge in [-0.05, 0) is 35.9 Å². The van der Waals surface area contributed by atoms with E-state index in [1.165, 1.54) is 6.20 Å². The summed E-state index contributed by atoms with van der Waals surface area (Å²) in [6, 6.07) is 12.1. The van der Waals surface area contributed by atoms with Crippen LogP contribution in [-0.2, 0) is 4.74 Å². The van der Waals surface area contributed by atoms with Crippen molar-refractivity contribution >= 4 is 39.0 Å². The quantitative estimate of drug-likeness (QED) is 0.444. The number of halogens is 2.